The average molecular weight is 554 g/mol. The van der Waals surface area contributed by atoms with Crippen molar-refractivity contribution in [3.8, 4) is 0 Å². The van der Waals surface area contributed by atoms with Gasteiger partial charge in [-0.25, -0.2) is 0 Å². The number of fused-ring (bicyclic) bond motifs is 1. The third-order valence-electron chi connectivity index (χ3n) is 9.29. The van der Waals surface area contributed by atoms with Crippen LogP contribution in [0.25, 0.3) is 10.9 Å². The van der Waals surface area contributed by atoms with E-state index in [1.54, 1.807) is 0 Å². The molecule has 1 saturated heterocycles. The van der Waals surface area contributed by atoms with E-state index >= 15 is 0 Å². The number of ketones is 1. The number of aliphatic hydroxyl groups is 1. The van der Waals surface area contributed by atoms with Crippen LogP contribution in [0.3, 0.4) is 0 Å². The van der Waals surface area contributed by atoms with Gasteiger partial charge in [0.05, 0.1) is 11.6 Å². The van der Waals surface area contributed by atoms with Gasteiger partial charge < -0.3 is 5.11 Å². The van der Waals surface area contributed by atoms with Gasteiger partial charge in [-0.3, -0.25) is 24.8 Å². The molecule has 0 spiro atoms. The number of pyridine rings is 1. The molecule has 2 aromatic heterocycles. The summed E-state index contributed by atoms with van der Waals surface area (Å²) < 4.78 is 0. The smallest absolute Gasteiger partial charge is 0.183 e. The number of nitrogens with zero attached hydrogens (tertiary/aromatic N) is 4. The second-order valence-electron chi connectivity index (χ2n) is 12.4. The normalized spacial score (nSPS) is 20.3. The molecule has 2 fully saturated rings. The van der Waals surface area contributed by atoms with Crippen molar-refractivity contribution in [1.82, 2.24) is 20.1 Å². The number of H-pyrrole nitrogens is 1. The molecule has 4 heterocycles. The second kappa shape index (κ2) is 13.2. The van der Waals surface area contributed by atoms with Crippen LogP contribution in [-0.4, -0.2) is 62.9 Å². The van der Waals surface area contributed by atoms with Gasteiger partial charge in [0.25, 0.3) is 0 Å². The number of piperidine rings is 1. The van der Waals surface area contributed by atoms with Gasteiger partial charge in [0.2, 0.25) is 0 Å². The van der Waals surface area contributed by atoms with Crippen LogP contribution in [0.4, 0.5) is 0 Å². The van der Waals surface area contributed by atoms with E-state index in [1.807, 2.05) is 24.7 Å². The summed E-state index contributed by atoms with van der Waals surface area (Å²) >= 11 is 0. The van der Waals surface area contributed by atoms with Crippen LogP contribution in [0.2, 0.25) is 0 Å². The van der Waals surface area contributed by atoms with Gasteiger partial charge in [0.1, 0.15) is 5.69 Å². The van der Waals surface area contributed by atoms with Crippen molar-refractivity contribution in [2.45, 2.75) is 89.1 Å². The largest absolute Gasteiger partial charge is 0.393 e. The minimum absolute atomic E-state index is 0.0826. The fourth-order valence-corrected chi connectivity index (χ4v) is 6.46. The minimum Gasteiger partial charge on any atom is -0.393 e. The Morgan fingerprint density at radius 2 is 1.93 bits per heavy atom. The summed E-state index contributed by atoms with van der Waals surface area (Å²) in [4.78, 5) is 24.8. The van der Waals surface area contributed by atoms with Gasteiger partial charge in [0.15, 0.2) is 5.78 Å². The Balaban J connectivity index is 1.01. The Labute approximate surface area is 243 Å². The first-order valence-electron chi connectivity index (χ1n) is 15.7. The molecule has 0 bridgehead atoms. The van der Waals surface area contributed by atoms with E-state index in [0.717, 1.165) is 80.5 Å². The Hall–Kier alpha value is -3.16. The molecule has 0 amide bonds. The molecule has 41 heavy (non-hydrogen) atoms. The Morgan fingerprint density at radius 3 is 2.71 bits per heavy atom. The van der Waals surface area contributed by atoms with Crippen LogP contribution in [-0.2, 0) is 12.8 Å². The number of aliphatic imine (C=N–C) groups is 1. The predicted molar refractivity (Wildman–Crippen MR) is 163 cm³/mol. The van der Waals surface area contributed by atoms with E-state index in [-0.39, 0.29) is 17.8 Å². The second-order valence-corrected chi connectivity index (χ2v) is 12.4. The number of aromatic amines is 1. The summed E-state index contributed by atoms with van der Waals surface area (Å²) in [5, 5.41) is 18.2. The predicted octanol–water partition coefficient (Wildman–Crippen LogP) is 6.19. The lowest BCUT2D eigenvalue weighted by atomic mass is 9.82. The molecule has 0 radical (unpaired) electrons. The highest BCUT2D eigenvalue weighted by Gasteiger charge is 2.22. The zero-order valence-electron chi connectivity index (χ0n) is 24.1. The topological polar surface area (TPSA) is 94.5 Å². The number of carbonyl (C=O) groups is 1. The van der Waals surface area contributed by atoms with Crippen molar-refractivity contribution in [2.75, 3.05) is 19.6 Å². The maximum absolute atomic E-state index is 13.2. The van der Waals surface area contributed by atoms with Gasteiger partial charge in [0, 0.05) is 61.7 Å². The number of aliphatic hydroxyl groups excluding tert-OH is 1. The van der Waals surface area contributed by atoms with Crippen LogP contribution in [0, 0.1) is 5.92 Å². The summed E-state index contributed by atoms with van der Waals surface area (Å²) in [5.74, 6) is 1.23. The third-order valence-corrected chi connectivity index (χ3v) is 9.29. The summed E-state index contributed by atoms with van der Waals surface area (Å²) in [5.41, 5.74) is 6.28. The SMILES string of the molecule is O=C(CCCc1ccc(CCCC2CCC2)nc1)c1n[nH]c2ccc(C3C=NC=C(CN4CCC(O)CC4)C3)cc12. The summed E-state index contributed by atoms with van der Waals surface area (Å²) in [6, 6.07) is 10.6. The summed E-state index contributed by atoms with van der Waals surface area (Å²) in [6.45, 7) is 2.76. The third kappa shape index (κ3) is 7.19. The maximum Gasteiger partial charge on any atom is 0.183 e. The molecule has 3 aliphatic rings. The van der Waals surface area contributed by atoms with Crippen molar-refractivity contribution < 1.29 is 9.90 Å². The van der Waals surface area contributed by atoms with Gasteiger partial charge in [-0.1, -0.05) is 37.8 Å². The van der Waals surface area contributed by atoms with Crippen molar-refractivity contribution in [3.05, 3.63) is 70.8 Å². The van der Waals surface area contributed by atoms with E-state index in [0.29, 0.717) is 12.1 Å². The standard InChI is InChI=1S/C34H43N5O2/c40-30-14-16-39(17-15-30)23-26-18-28(22-35-20-26)27-11-13-32-31(19-27)34(38-37-32)33(41)9-3-7-25-10-12-29(36-21-25)8-2-6-24-4-1-5-24/h10-13,19-22,24,28,30,40H,1-9,14-18,23H2,(H,37,38). The zero-order chi connectivity index (χ0) is 28.0. The molecular formula is C34H43N5O2. The molecule has 1 aliphatic carbocycles. The fraction of sp³-hybridized carbons (Fsp3) is 0.529. The van der Waals surface area contributed by atoms with Crippen molar-refractivity contribution >= 4 is 22.9 Å². The van der Waals surface area contributed by atoms with Crippen LogP contribution in [0.5, 0.6) is 0 Å². The molecular weight excluding hydrogens is 510 g/mol. The van der Waals surface area contributed by atoms with Crippen molar-refractivity contribution in [3.63, 3.8) is 0 Å². The van der Waals surface area contributed by atoms with E-state index in [9.17, 15) is 9.90 Å². The number of carbonyl (C=O) groups excluding carboxylic acids is 1. The number of likely N-dealkylation sites (tertiary alicyclic amines) is 1. The number of aryl methyl sites for hydroxylation is 2. The van der Waals surface area contributed by atoms with Crippen molar-refractivity contribution in [1.29, 1.82) is 0 Å². The van der Waals surface area contributed by atoms with Gasteiger partial charge in [-0.2, -0.15) is 5.10 Å². The van der Waals surface area contributed by atoms with Crippen LogP contribution >= 0.6 is 0 Å². The molecule has 7 nitrogen and oxygen atoms in total. The zero-order valence-corrected chi connectivity index (χ0v) is 24.1. The lowest BCUT2D eigenvalue weighted by Crippen LogP contribution is -2.37. The maximum atomic E-state index is 13.2. The molecule has 1 unspecified atom stereocenters. The molecule has 1 aromatic carbocycles. The summed E-state index contributed by atoms with van der Waals surface area (Å²) in [7, 11) is 0. The van der Waals surface area contributed by atoms with E-state index in [4.69, 9.17) is 0 Å². The highest BCUT2D eigenvalue weighted by Crippen LogP contribution is 2.31. The van der Waals surface area contributed by atoms with Crippen LogP contribution in [0.15, 0.2) is 53.3 Å². The van der Waals surface area contributed by atoms with Gasteiger partial charge >= 0.3 is 0 Å². The number of hydrogen-bond acceptors (Lipinski definition) is 6. The number of hydrogen-bond donors (Lipinski definition) is 2. The Morgan fingerprint density at radius 1 is 1.05 bits per heavy atom. The highest BCUT2D eigenvalue weighted by molar-refractivity contribution is 6.06. The lowest BCUT2D eigenvalue weighted by molar-refractivity contribution is 0.0865. The quantitative estimate of drug-likeness (QED) is 0.261. The number of aromatic nitrogens is 3. The van der Waals surface area contributed by atoms with Gasteiger partial charge in [-0.05, 0) is 85.8 Å². The molecule has 6 rings (SSSR count). The number of rotatable bonds is 12. The molecule has 3 aromatic rings. The lowest BCUT2D eigenvalue weighted by Gasteiger charge is -2.31. The molecule has 7 heteroatoms. The molecule has 2 aliphatic heterocycles. The minimum atomic E-state index is -0.157. The molecule has 1 atom stereocenters. The molecule has 1 saturated carbocycles. The fourth-order valence-electron chi connectivity index (χ4n) is 6.46. The van der Waals surface area contributed by atoms with Crippen LogP contribution < -0.4 is 0 Å². The average Bonchev–Trinajstić information content (AvgIpc) is 3.40. The first-order chi connectivity index (χ1) is 20.1. The number of nitrogens with one attached hydrogen (secondary N) is 1. The Kier molecular flexibility index (Phi) is 9.02. The number of Topliss-reactive ketones (excluding diaryl/α,β-unsaturated/α-hetero) is 1. The van der Waals surface area contributed by atoms with Crippen LogP contribution in [0.1, 0.15) is 97.4 Å². The monoisotopic (exact) mass is 553 g/mol. The van der Waals surface area contributed by atoms with E-state index in [2.05, 4.69) is 49.3 Å². The van der Waals surface area contributed by atoms with E-state index < -0.39 is 0 Å². The highest BCUT2D eigenvalue weighted by atomic mass is 16.3. The summed E-state index contributed by atoms with van der Waals surface area (Å²) in [6.07, 6.45) is 18.4. The molecule has 2 N–H and O–H groups in total. The first-order valence-corrected chi connectivity index (χ1v) is 15.7. The molecule has 216 valence electrons. The first kappa shape index (κ1) is 28.0. The number of benzene rings is 1. The van der Waals surface area contributed by atoms with Crippen molar-refractivity contribution in [2.24, 2.45) is 10.9 Å². The van der Waals surface area contributed by atoms with Gasteiger partial charge in [-0.15, -0.1) is 0 Å². The van der Waals surface area contributed by atoms with E-state index in [1.165, 1.54) is 48.9 Å². The Bertz CT molecular complexity index is 1380.